The summed E-state index contributed by atoms with van der Waals surface area (Å²) in [6.45, 7) is 3.34. The Morgan fingerprint density at radius 3 is 2.38 bits per heavy atom. The second-order valence-electron chi connectivity index (χ2n) is 6.82. The normalized spacial score (nSPS) is 14.7. The summed E-state index contributed by atoms with van der Waals surface area (Å²) in [7, 11) is 0. The molecule has 0 fully saturated rings. The quantitative estimate of drug-likeness (QED) is 0.409. The van der Waals surface area contributed by atoms with Gasteiger partial charge in [-0.15, -0.1) is 0 Å². The highest BCUT2D eigenvalue weighted by Crippen LogP contribution is 2.49. The van der Waals surface area contributed by atoms with E-state index in [0.717, 1.165) is 14.5 Å². The number of halogens is 2. The molecule has 1 unspecified atom stereocenters. The van der Waals surface area contributed by atoms with Gasteiger partial charge in [-0.05, 0) is 68.6 Å². The van der Waals surface area contributed by atoms with Crippen molar-refractivity contribution in [3.8, 4) is 17.3 Å². The number of carbonyl (C=O) groups is 2. The van der Waals surface area contributed by atoms with Crippen LogP contribution in [0, 0.1) is 18.3 Å². The van der Waals surface area contributed by atoms with Gasteiger partial charge in [-0.3, -0.25) is 19.1 Å². The molecule has 1 amide bonds. The molecule has 1 aliphatic rings. The highest BCUT2D eigenvalue weighted by molar-refractivity contribution is 9.13. The Morgan fingerprint density at radius 1 is 1.10 bits per heavy atom. The standard InChI is InChI=1S/C22H15Br2N3O2/c1-12-11-26(13(2)28)21-15-8-16(23)17(24)9-18(15)27(19(10-25)20(12)21)22(29)14-6-4-3-5-7-14/h3-9,11,19H,1-2H3. The van der Waals surface area contributed by atoms with Crippen LogP contribution in [0.15, 0.2) is 57.6 Å². The van der Waals surface area contributed by atoms with E-state index in [1.54, 1.807) is 41.1 Å². The van der Waals surface area contributed by atoms with Crippen molar-refractivity contribution in [1.29, 1.82) is 5.26 Å². The molecule has 144 valence electrons. The second kappa shape index (κ2) is 7.29. The maximum absolute atomic E-state index is 13.5. The van der Waals surface area contributed by atoms with Crippen molar-refractivity contribution in [2.24, 2.45) is 0 Å². The molecule has 0 radical (unpaired) electrons. The Bertz CT molecular complexity index is 1210. The number of anilines is 1. The molecule has 1 aromatic heterocycles. The van der Waals surface area contributed by atoms with E-state index in [1.807, 2.05) is 19.1 Å². The van der Waals surface area contributed by atoms with E-state index >= 15 is 0 Å². The summed E-state index contributed by atoms with van der Waals surface area (Å²) < 4.78 is 3.09. The van der Waals surface area contributed by atoms with Gasteiger partial charge in [0, 0.05) is 38.8 Å². The number of aryl methyl sites for hydroxylation is 1. The fourth-order valence-corrected chi connectivity index (χ4v) is 4.45. The van der Waals surface area contributed by atoms with Gasteiger partial charge in [-0.25, -0.2) is 0 Å². The van der Waals surface area contributed by atoms with Crippen LogP contribution in [0.3, 0.4) is 0 Å². The van der Waals surface area contributed by atoms with Gasteiger partial charge in [-0.1, -0.05) is 18.2 Å². The monoisotopic (exact) mass is 511 g/mol. The van der Waals surface area contributed by atoms with Crippen molar-refractivity contribution in [2.75, 3.05) is 4.90 Å². The molecule has 0 aliphatic carbocycles. The Hall–Kier alpha value is -2.69. The van der Waals surface area contributed by atoms with E-state index in [0.29, 0.717) is 28.1 Å². The van der Waals surface area contributed by atoms with Gasteiger partial charge >= 0.3 is 0 Å². The zero-order valence-electron chi connectivity index (χ0n) is 15.6. The van der Waals surface area contributed by atoms with Crippen molar-refractivity contribution in [3.63, 3.8) is 0 Å². The molecule has 2 heterocycles. The lowest BCUT2D eigenvalue weighted by atomic mass is 9.91. The molecule has 3 aromatic rings. The van der Waals surface area contributed by atoms with E-state index in [1.165, 1.54) is 11.8 Å². The first-order valence-corrected chi connectivity index (χ1v) is 10.4. The maximum Gasteiger partial charge on any atom is 0.259 e. The minimum Gasteiger partial charge on any atom is -0.287 e. The predicted octanol–water partition coefficient (Wildman–Crippen LogP) is 5.87. The third kappa shape index (κ3) is 3.04. The number of aromatic nitrogens is 1. The lowest BCUT2D eigenvalue weighted by Gasteiger charge is -2.35. The molecule has 0 spiro atoms. The van der Waals surface area contributed by atoms with Crippen LogP contribution in [0.5, 0.6) is 0 Å². The van der Waals surface area contributed by atoms with Gasteiger partial charge in [0.25, 0.3) is 5.91 Å². The Kier molecular flexibility index (Phi) is 4.93. The SMILES string of the molecule is CC(=O)n1cc(C)c2c1-c1cc(Br)c(Br)cc1N(C(=O)c1ccccc1)C2C#N. The van der Waals surface area contributed by atoms with Crippen molar-refractivity contribution in [2.45, 2.75) is 19.9 Å². The number of rotatable bonds is 1. The largest absolute Gasteiger partial charge is 0.287 e. The minimum absolute atomic E-state index is 0.154. The van der Waals surface area contributed by atoms with E-state index in [2.05, 4.69) is 37.9 Å². The van der Waals surface area contributed by atoms with Crippen molar-refractivity contribution < 1.29 is 9.59 Å². The average Bonchev–Trinajstić information content (AvgIpc) is 3.06. The molecule has 0 bridgehead atoms. The number of hydrogen-bond acceptors (Lipinski definition) is 3. The molecule has 0 saturated heterocycles. The first kappa shape index (κ1) is 19.6. The molecule has 4 rings (SSSR count). The second-order valence-corrected chi connectivity index (χ2v) is 8.53. The number of nitriles is 1. The molecule has 7 heteroatoms. The highest BCUT2D eigenvalue weighted by atomic mass is 79.9. The Balaban J connectivity index is 2.06. The highest BCUT2D eigenvalue weighted by Gasteiger charge is 2.39. The summed E-state index contributed by atoms with van der Waals surface area (Å²) in [6.07, 6.45) is 1.73. The lowest BCUT2D eigenvalue weighted by Crippen LogP contribution is -2.37. The van der Waals surface area contributed by atoms with Crippen LogP contribution < -0.4 is 4.90 Å². The van der Waals surface area contributed by atoms with Crippen LogP contribution in [0.25, 0.3) is 11.3 Å². The molecule has 0 N–H and O–H groups in total. The van der Waals surface area contributed by atoms with Gasteiger partial charge in [0.1, 0.15) is 0 Å². The van der Waals surface area contributed by atoms with Crippen LogP contribution in [0.4, 0.5) is 5.69 Å². The molecule has 5 nitrogen and oxygen atoms in total. The summed E-state index contributed by atoms with van der Waals surface area (Å²) in [5.41, 5.74) is 3.90. The number of carbonyl (C=O) groups excluding carboxylic acids is 2. The number of fused-ring (bicyclic) bond motifs is 3. The third-order valence-electron chi connectivity index (χ3n) is 5.03. The van der Waals surface area contributed by atoms with Crippen LogP contribution >= 0.6 is 31.9 Å². The van der Waals surface area contributed by atoms with Crippen molar-refractivity contribution in [1.82, 2.24) is 4.57 Å². The van der Waals surface area contributed by atoms with Crippen molar-refractivity contribution >= 4 is 49.4 Å². The van der Waals surface area contributed by atoms with Gasteiger partial charge < -0.3 is 0 Å². The summed E-state index contributed by atoms with van der Waals surface area (Å²) >= 11 is 7.02. The summed E-state index contributed by atoms with van der Waals surface area (Å²) in [5.74, 6) is -0.424. The Morgan fingerprint density at radius 2 is 1.76 bits per heavy atom. The van der Waals surface area contributed by atoms with Crippen molar-refractivity contribution in [3.05, 3.63) is 74.3 Å². The zero-order chi connectivity index (χ0) is 20.9. The number of nitrogens with zero attached hydrogens (tertiary/aromatic N) is 3. The summed E-state index contributed by atoms with van der Waals surface area (Å²) in [5, 5.41) is 10.1. The average molecular weight is 513 g/mol. The minimum atomic E-state index is -0.848. The smallest absolute Gasteiger partial charge is 0.259 e. The molecule has 1 atom stereocenters. The Labute approximate surface area is 184 Å². The van der Waals surface area contributed by atoms with E-state index in [4.69, 9.17) is 0 Å². The molecule has 29 heavy (non-hydrogen) atoms. The van der Waals surface area contributed by atoms with E-state index in [9.17, 15) is 14.9 Å². The number of benzene rings is 2. The molecule has 1 aliphatic heterocycles. The van der Waals surface area contributed by atoms with Crippen LogP contribution in [-0.2, 0) is 0 Å². The fourth-order valence-electron chi connectivity index (χ4n) is 3.77. The van der Waals surface area contributed by atoms with E-state index in [-0.39, 0.29) is 11.8 Å². The van der Waals surface area contributed by atoms with Crippen LogP contribution in [0.2, 0.25) is 0 Å². The van der Waals surface area contributed by atoms with Crippen LogP contribution in [0.1, 0.15) is 39.2 Å². The molecule has 2 aromatic carbocycles. The maximum atomic E-state index is 13.5. The fraction of sp³-hybridized carbons (Fsp3) is 0.136. The molecular formula is C22H15Br2N3O2. The zero-order valence-corrected chi connectivity index (χ0v) is 18.8. The summed E-state index contributed by atoms with van der Waals surface area (Å²) in [6, 6.07) is 14.0. The van der Waals surface area contributed by atoms with Gasteiger partial charge in [0.05, 0.1) is 17.5 Å². The van der Waals surface area contributed by atoms with E-state index < -0.39 is 6.04 Å². The molecule has 0 saturated carbocycles. The number of amides is 1. The first-order valence-electron chi connectivity index (χ1n) is 8.85. The lowest BCUT2D eigenvalue weighted by molar-refractivity contribution is 0.0938. The van der Waals surface area contributed by atoms with Gasteiger partial charge in [-0.2, -0.15) is 5.26 Å². The van der Waals surface area contributed by atoms with Crippen LogP contribution in [-0.4, -0.2) is 16.4 Å². The molecular weight excluding hydrogens is 498 g/mol. The van der Waals surface area contributed by atoms with Gasteiger partial charge in [0.15, 0.2) is 6.04 Å². The summed E-state index contributed by atoms with van der Waals surface area (Å²) in [4.78, 5) is 27.3. The van der Waals surface area contributed by atoms with Gasteiger partial charge in [0.2, 0.25) is 5.91 Å². The predicted molar refractivity (Wildman–Crippen MR) is 118 cm³/mol. The topological polar surface area (TPSA) is 66.1 Å². The first-order chi connectivity index (χ1) is 13.8. The number of hydrogen-bond donors (Lipinski definition) is 0. The third-order valence-corrected chi connectivity index (χ3v) is 6.87.